The minimum atomic E-state index is -3.61. The SMILES string of the molecule is CCCCN(C(=O)C1CCN(S(=O)(=O)c2ccc(C(C)=O)cc2)CC1)C(C)CC. The molecule has 0 N–H and O–H groups in total. The minimum absolute atomic E-state index is 0.0952. The van der Waals surface area contributed by atoms with Gasteiger partial charge in [0.15, 0.2) is 5.78 Å². The van der Waals surface area contributed by atoms with E-state index in [1.165, 1.54) is 23.4 Å². The summed E-state index contributed by atoms with van der Waals surface area (Å²) in [6.07, 6.45) is 4.03. The maximum absolute atomic E-state index is 13.1. The van der Waals surface area contributed by atoms with Gasteiger partial charge in [-0.3, -0.25) is 9.59 Å². The molecule has 0 spiro atoms. The summed E-state index contributed by atoms with van der Waals surface area (Å²) in [6, 6.07) is 6.26. The van der Waals surface area contributed by atoms with Crippen LogP contribution in [0.15, 0.2) is 29.2 Å². The minimum Gasteiger partial charge on any atom is -0.340 e. The number of Topliss-reactive ketones (excluding diaryl/α,β-unsaturated/α-hetero) is 1. The zero-order valence-electron chi connectivity index (χ0n) is 18.1. The molecule has 0 saturated carbocycles. The third-order valence-corrected chi connectivity index (χ3v) is 7.77. The van der Waals surface area contributed by atoms with Crippen LogP contribution in [0.1, 0.15) is 70.2 Å². The number of amides is 1. The van der Waals surface area contributed by atoms with E-state index < -0.39 is 10.0 Å². The maximum Gasteiger partial charge on any atom is 0.243 e. The predicted octanol–water partition coefficient (Wildman–Crippen LogP) is 3.72. The Bertz CT molecular complexity index is 797. The molecule has 162 valence electrons. The molecule has 1 aliphatic heterocycles. The van der Waals surface area contributed by atoms with Crippen molar-refractivity contribution in [2.45, 2.75) is 70.7 Å². The van der Waals surface area contributed by atoms with Crippen LogP contribution in [0.4, 0.5) is 0 Å². The predicted molar refractivity (Wildman–Crippen MR) is 114 cm³/mol. The van der Waals surface area contributed by atoms with Gasteiger partial charge in [-0.15, -0.1) is 0 Å². The molecule has 7 heteroatoms. The van der Waals surface area contributed by atoms with E-state index in [2.05, 4.69) is 20.8 Å². The summed E-state index contributed by atoms with van der Waals surface area (Å²) in [5, 5.41) is 0. The number of carbonyl (C=O) groups excluding carboxylic acids is 2. The largest absolute Gasteiger partial charge is 0.340 e. The van der Waals surface area contributed by atoms with Gasteiger partial charge in [-0.1, -0.05) is 32.4 Å². The number of ketones is 1. The second kappa shape index (κ2) is 10.3. The van der Waals surface area contributed by atoms with Gasteiger partial charge >= 0.3 is 0 Å². The quantitative estimate of drug-likeness (QED) is 0.569. The average molecular weight is 423 g/mol. The molecular weight excluding hydrogens is 388 g/mol. The fourth-order valence-electron chi connectivity index (χ4n) is 3.68. The highest BCUT2D eigenvalue weighted by molar-refractivity contribution is 7.89. The van der Waals surface area contributed by atoms with Crippen molar-refractivity contribution in [2.75, 3.05) is 19.6 Å². The summed E-state index contributed by atoms with van der Waals surface area (Å²) in [5.41, 5.74) is 0.491. The summed E-state index contributed by atoms with van der Waals surface area (Å²) in [6.45, 7) is 9.19. The first-order chi connectivity index (χ1) is 13.7. The summed E-state index contributed by atoms with van der Waals surface area (Å²) in [7, 11) is -3.61. The normalized spacial score (nSPS) is 17.1. The molecule has 1 amide bonds. The van der Waals surface area contributed by atoms with E-state index in [1.54, 1.807) is 12.1 Å². The lowest BCUT2D eigenvalue weighted by Gasteiger charge is -2.36. The highest BCUT2D eigenvalue weighted by atomic mass is 32.2. The molecule has 1 unspecified atom stereocenters. The Hall–Kier alpha value is -1.73. The molecule has 0 aliphatic carbocycles. The van der Waals surface area contributed by atoms with E-state index in [9.17, 15) is 18.0 Å². The Balaban J connectivity index is 2.04. The smallest absolute Gasteiger partial charge is 0.243 e. The van der Waals surface area contributed by atoms with E-state index >= 15 is 0 Å². The van der Waals surface area contributed by atoms with Crippen LogP contribution in [0.2, 0.25) is 0 Å². The van der Waals surface area contributed by atoms with E-state index in [4.69, 9.17) is 0 Å². The first-order valence-corrected chi connectivity index (χ1v) is 12.1. The number of carbonyl (C=O) groups is 2. The first kappa shape index (κ1) is 23.5. The summed E-state index contributed by atoms with van der Waals surface area (Å²) in [4.78, 5) is 26.6. The Kier molecular flexibility index (Phi) is 8.40. The molecule has 0 bridgehead atoms. The van der Waals surface area contributed by atoms with Crippen LogP contribution in [-0.4, -0.2) is 55.0 Å². The van der Waals surface area contributed by atoms with E-state index in [0.717, 1.165) is 25.8 Å². The molecule has 1 heterocycles. The van der Waals surface area contributed by atoms with Gasteiger partial charge in [-0.2, -0.15) is 4.31 Å². The number of piperidine rings is 1. The van der Waals surface area contributed by atoms with Gasteiger partial charge < -0.3 is 4.90 Å². The van der Waals surface area contributed by atoms with Gasteiger partial charge in [-0.25, -0.2) is 8.42 Å². The second-order valence-corrected chi connectivity index (χ2v) is 9.84. The molecule has 1 aromatic rings. The highest BCUT2D eigenvalue weighted by Crippen LogP contribution is 2.26. The van der Waals surface area contributed by atoms with Crippen molar-refractivity contribution in [1.82, 2.24) is 9.21 Å². The Labute approximate surface area is 175 Å². The van der Waals surface area contributed by atoms with Crippen LogP contribution in [0.3, 0.4) is 0 Å². The third kappa shape index (κ3) is 5.66. The lowest BCUT2D eigenvalue weighted by atomic mass is 9.95. The van der Waals surface area contributed by atoms with Crippen molar-refractivity contribution in [3.05, 3.63) is 29.8 Å². The van der Waals surface area contributed by atoms with E-state index in [-0.39, 0.29) is 28.5 Å². The van der Waals surface area contributed by atoms with Crippen molar-refractivity contribution in [1.29, 1.82) is 0 Å². The highest BCUT2D eigenvalue weighted by Gasteiger charge is 2.34. The molecule has 1 aliphatic rings. The van der Waals surface area contributed by atoms with Crippen molar-refractivity contribution >= 4 is 21.7 Å². The van der Waals surface area contributed by atoms with Crippen molar-refractivity contribution in [2.24, 2.45) is 5.92 Å². The number of unbranched alkanes of at least 4 members (excludes halogenated alkanes) is 1. The lowest BCUT2D eigenvalue weighted by molar-refractivity contribution is -0.139. The summed E-state index contributed by atoms with van der Waals surface area (Å²) < 4.78 is 27.3. The number of nitrogens with zero attached hydrogens (tertiary/aromatic N) is 2. The molecule has 29 heavy (non-hydrogen) atoms. The first-order valence-electron chi connectivity index (χ1n) is 10.6. The Morgan fingerprint density at radius 1 is 1.14 bits per heavy atom. The van der Waals surface area contributed by atoms with Crippen LogP contribution in [-0.2, 0) is 14.8 Å². The second-order valence-electron chi connectivity index (χ2n) is 7.90. The zero-order valence-corrected chi connectivity index (χ0v) is 18.9. The van der Waals surface area contributed by atoms with Crippen LogP contribution in [0.5, 0.6) is 0 Å². The van der Waals surface area contributed by atoms with Gasteiger partial charge in [0.1, 0.15) is 0 Å². The van der Waals surface area contributed by atoms with Crippen molar-refractivity contribution < 1.29 is 18.0 Å². The molecule has 2 rings (SSSR count). The van der Waals surface area contributed by atoms with Crippen LogP contribution in [0, 0.1) is 5.92 Å². The van der Waals surface area contributed by atoms with Gasteiger partial charge in [-0.05, 0) is 51.7 Å². The van der Waals surface area contributed by atoms with Crippen LogP contribution in [0.25, 0.3) is 0 Å². The number of rotatable bonds is 9. The Morgan fingerprint density at radius 2 is 1.72 bits per heavy atom. The molecule has 1 saturated heterocycles. The molecule has 6 nitrogen and oxygen atoms in total. The number of hydrogen-bond acceptors (Lipinski definition) is 4. The van der Waals surface area contributed by atoms with Gasteiger partial charge in [0.25, 0.3) is 0 Å². The monoisotopic (exact) mass is 422 g/mol. The molecule has 0 aromatic heterocycles. The maximum atomic E-state index is 13.1. The van der Waals surface area contributed by atoms with Crippen molar-refractivity contribution in [3.8, 4) is 0 Å². The molecule has 0 radical (unpaired) electrons. The average Bonchev–Trinajstić information content (AvgIpc) is 2.73. The van der Waals surface area contributed by atoms with Crippen LogP contribution >= 0.6 is 0 Å². The molecule has 1 fully saturated rings. The molecular formula is C22H34N2O4S. The Morgan fingerprint density at radius 3 is 2.21 bits per heavy atom. The summed E-state index contributed by atoms with van der Waals surface area (Å²) >= 11 is 0. The van der Waals surface area contributed by atoms with E-state index in [0.29, 0.717) is 31.5 Å². The summed E-state index contributed by atoms with van der Waals surface area (Å²) in [5.74, 6) is -0.0507. The fraction of sp³-hybridized carbons (Fsp3) is 0.636. The lowest BCUT2D eigenvalue weighted by Crippen LogP contribution is -2.47. The number of sulfonamides is 1. The van der Waals surface area contributed by atoms with Gasteiger partial charge in [0.2, 0.25) is 15.9 Å². The zero-order chi connectivity index (χ0) is 21.6. The third-order valence-electron chi connectivity index (χ3n) is 5.86. The van der Waals surface area contributed by atoms with Crippen LogP contribution < -0.4 is 0 Å². The van der Waals surface area contributed by atoms with E-state index in [1.807, 2.05) is 4.90 Å². The molecule has 1 atom stereocenters. The standard InChI is InChI=1S/C22H34N2O4S/c1-5-7-14-24(17(3)6-2)22(26)20-12-15-23(16-13-20)29(27,28)21-10-8-19(9-11-21)18(4)25/h8-11,17,20H,5-7,12-16H2,1-4H3. The number of hydrogen-bond donors (Lipinski definition) is 0. The number of benzene rings is 1. The van der Waals surface area contributed by atoms with Gasteiger partial charge in [0.05, 0.1) is 4.90 Å². The topological polar surface area (TPSA) is 74.8 Å². The van der Waals surface area contributed by atoms with Crippen molar-refractivity contribution in [3.63, 3.8) is 0 Å². The fourth-order valence-corrected chi connectivity index (χ4v) is 5.15. The molecule has 1 aromatic carbocycles. The van der Waals surface area contributed by atoms with Gasteiger partial charge in [0, 0.05) is 37.2 Å².